The van der Waals surface area contributed by atoms with Gasteiger partial charge in [0.2, 0.25) is 0 Å². The first-order chi connectivity index (χ1) is 8.66. The Morgan fingerprint density at radius 1 is 1.44 bits per heavy atom. The van der Waals surface area contributed by atoms with E-state index in [1.807, 2.05) is 0 Å². The molecular weight excluding hydrogens is 230 g/mol. The third-order valence-corrected chi connectivity index (χ3v) is 4.18. The molecule has 5 heteroatoms. The predicted molar refractivity (Wildman–Crippen MR) is 66.8 cm³/mol. The summed E-state index contributed by atoms with van der Waals surface area (Å²) >= 11 is 0. The first kappa shape index (κ1) is 11.5. The van der Waals surface area contributed by atoms with Crippen LogP contribution in [0.15, 0.2) is 18.3 Å². The molecule has 1 aromatic heterocycles. The minimum absolute atomic E-state index is 0.0674. The molecule has 5 nitrogen and oxygen atoms in total. The lowest BCUT2D eigenvalue weighted by Crippen LogP contribution is -2.31. The maximum Gasteiger partial charge on any atom is 0.257 e. The number of nitrogens with two attached hydrogens (primary N) is 1. The number of pyridine rings is 1. The Balaban J connectivity index is 1.78. The van der Waals surface area contributed by atoms with E-state index >= 15 is 0 Å². The number of hydrogen-bond acceptors (Lipinski definition) is 4. The number of aliphatic hydroxyl groups excluding tert-OH is 1. The molecule has 3 unspecified atom stereocenters. The molecule has 1 amide bonds. The zero-order valence-corrected chi connectivity index (χ0v) is 10.1. The van der Waals surface area contributed by atoms with Gasteiger partial charge in [0, 0.05) is 25.2 Å². The molecule has 3 rings (SSSR count). The van der Waals surface area contributed by atoms with E-state index in [1.54, 1.807) is 23.2 Å². The Hall–Kier alpha value is -1.62. The van der Waals surface area contributed by atoms with Gasteiger partial charge in [-0.15, -0.1) is 0 Å². The molecule has 1 aromatic rings. The molecule has 18 heavy (non-hydrogen) atoms. The van der Waals surface area contributed by atoms with Crippen LogP contribution in [-0.4, -0.2) is 40.1 Å². The fraction of sp³-hybridized carbons (Fsp3) is 0.538. The lowest BCUT2D eigenvalue weighted by atomic mass is 10.00. The third-order valence-electron chi connectivity index (χ3n) is 4.18. The molecule has 1 aliphatic carbocycles. The van der Waals surface area contributed by atoms with Gasteiger partial charge >= 0.3 is 0 Å². The molecule has 1 saturated heterocycles. The van der Waals surface area contributed by atoms with Gasteiger partial charge in [-0.05, 0) is 30.9 Å². The number of nitrogen functional groups attached to an aromatic ring is 1. The van der Waals surface area contributed by atoms with E-state index in [4.69, 9.17) is 5.73 Å². The summed E-state index contributed by atoms with van der Waals surface area (Å²) < 4.78 is 0. The number of aromatic nitrogens is 1. The van der Waals surface area contributed by atoms with Crippen LogP contribution in [0.4, 0.5) is 5.82 Å². The maximum absolute atomic E-state index is 12.3. The monoisotopic (exact) mass is 247 g/mol. The predicted octanol–water partition coefficient (Wildman–Crippen LogP) is 0.507. The van der Waals surface area contributed by atoms with Crippen molar-refractivity contribution in [3.63, 3.8) is 0 Å². The summed E-state index contributed by atoms with van der Waals surface area (Å²) in [7, 11) is 0. The Bertz CT molecular complexity index is 477. The summed E-state index contributed by atoms with van der Waals surface area (Å²) in [6, 6.07) is 3.42. The van der Waals surface area contributed by atoms with Gasteiger partial charge < -0.3 is 15.7 Å². The fourth-order valence-electron chi connectivity index (χ4n) is 3.17. The minimum Gasteiger partial charge on any atom is -0.393 e. The van der Waals surface area contributed by atoms with E-state index in [0.29, 0.717) is 18.0 Å². The van der Waals surface area contributed by atoms with Gasteiger partial charge in [-0.2, -0.15) is 0 Å². The first-order valence-electron chi connectivity index (χ1n) is 6.34. The molecule has 2 heterocycles. The van der Waals surface area contributed by atoms with Crippen LogP contribution in [0.25, 0.3) is 0 Å². The van der Waals surface area contributed by atoms with Crippen molar-refractivity contribution in [1.29, 1.82) is 0 Å². The van der Waals surface area contributed by atoms with Gasteiger partial charge in [0.15, 0.2) is 0 Å². The fourth-order valence-corrected chi connectivity index (χ4v) is 3.17. The molecule has 2 aliphatic rings. The van der Waals surface area contributed by atoms with Crippen LogP contribution in [0.2, 0.25) is 0 Å². The van der Waals surface area contributed by atoms with Crippen molar-refractivity contribution in [2.75, 3.05) is 18.8 Å². The SMILES string of the molecule is Nc1ncccc1C(=O)N1CC2CCC(O)C2C1. The average molecular weight is 247 g/mol. The van der Waals surface area contributed by atoms with Crippen molar-refractivity contribution in [2.24, 2.45) is 11.8 Å². The van der Waals surface area contributed by atoms with E-state index in [9.17, 15) is 9.90 Å². The van der Waals surface area contributed by atoms with Crippen LogP contribution in [0.1, 0.15) is 23.2 Å². The summed E-state index contributed by atoms with van der Waals surface area (Å²) in [6.07, 6.45) is 3.21. The van der Waals surface area contributed by atoms with Gasteiger partial charge in [-0.3, -0.25) is 4.79 Å². The summed E-state index contributed by atoms with van der Waals surface area (Å²) in [4.78, 5) is 18.1. The lowest BCUT2D eigenvalue weighted by Gasteiger charge is -2.18. The van der Waals surface area contributed by atoms with Crippen LogP contribution in [0.3, 0.4) is 0 Å². The molecule has 0 radical (unpaired) electrons. The number of likely N-dealkylation sites (tertiary alicyclic amines) is 1. The number of carbonyl (C=O) groups excluding carboxylic acids is 1. The summed E-state index contributed by atoms with van der Waals surface area (Å²) in [5.41, 5.74) is 6.19. The first-order valence-corrected chi connectivity index (χ1v) is 6.34. The van der Waals surface area contributed by atoms with E-state index < -0.39 is 0 Å². The van der Waals surface area contributed by atoms with E-state index in [-0.39, 0.29) is 23.7 Å². The van der Waals surface area contributed by atoms with Crippen LogP contribution in [0.5, 0.6) is 0 Å². The number of fused-ring (bicyclic) bond motifs is 1. The van der Waals surface area contributed by atoms with Crippen LogP contribution in [-0.2, 0) is 0 Å². The van der Waals surface area contributed by atoms with Gasteiger partial charge in [0.05, 0.1) is 11.7 Å². The summed E-state index contributed by atoms with van der Waals surface area (Å²) in [6.45, 7) is 1.37. The van der Waals surface area contributed by atoms with Gasteiger partial charge in [-0.25, -0.2) is 4.98 Å². The third kappa shape index (κ3) is 1.75. The molecule has 2 fully saturated rings. The number of hydrogen-bond donors (Lipinski definition) is 2. The Kier molecular flexibility index (Phi) is 2.70. The van der Waals surface area contributed by atoms with Crippen molar-refractivity contribution in [3.05, 3.63) is 23.9 Å². The molecule has 3 N–H and O–H groups in total. The highest BCUT2D eigenvalue weighted by molar-refractivity contribution is 5.98. The van der Waals surface area contributed by atoms with Gasteiger partial charge in [0.25, 0.3) is 5.91 Å². The molecule has 96 valence electrons. The second-order valence-corrected chi connectivity index (χ2v) is 5.21. The Labute approximate surface area is 106 Å². The van der Waals surface area contributed by atoms with Crippen molar-refractivity contribution >= 4 is 11.7 Å². The number of anilines is 1. The van der Waals surface area contributed by atoms with Crippen LogP contribution in [0, 0.1) is 11.8 Å². The second kappa shape index (κ2) is 4.24. The largest absolute Gasteiger partial charge is 0.393 e. The van der Waals surface area contributed by atoms with Crippen molar-refractivity contribution in [3.8, 4) is 0 Å². The summed E-state index contributed by atoms with van der Waals surface area (Å²) in [5, 5.41) is 9.85. The number of amides is 1. The molecule has 1 saturated carbocycles. The lowest BCUT2D eigenvalue weighted by molar-refractivity contribution is 0.0753. The molecule has 3 atom stereocenters. The van der Waals surface area contributed by atoms with Crippen molar-refractivity contribution in [1.82, 2.24) is 9.88 Å². The second-order valence-electron chi connectivity index (χ2n) is 5.21. The summed E-state index contributed by atoms with van der Waals surface area (Å²) in [5.74, 6) is 0.899. The topological polar surface area (TPSA) is 79.5 Å². The standard InChI is InChI=1S/C13H17N3O2/c14-12-9(2-1-5-15-12)13(18)16-6-8-3-4-11(17)10(8)7-16/h1-2,5,8,10-11,17H,3-4,6-7H2,(H2,14,15). The number of carbonyl (C=O) groups is 1. The van der Waals surface area contributed by atoms with E-state index in [2.05, 4.69) is 4.98 Å². The number of rotatable bonds is 1. The maximum atomic E-state index is 12.3. The molecule has 1 aliphatic heterocycles. The quantitative estimate of drug-likeness (QED) is 0.757. The molecule has 0 spiro atoms. The highest BCUT2D eigenvalue weighted by Gasteiger charge is 2.43. The smallest absolute Gasteiger partial charge is 0.257 e. The minimum atomic E-state index is -0.251. The number of aliphatic hydroxyl groups is 1. The highest BCUT2D eigenvalue weighted by atomic mass is 16.3. The average Bonchev–Trinajstić information content (AvgIpc) is 2.92. The molecular formula is C13H17N3O2. The highest BCUT2D eigenvalue weighted by Crippen LogP contribution is 2.38. The Morgan fingerprint density at radius 3 is 3.00 bits per heavy atom. The van der Waals surface area contributed by atoms with Crippen molar-refractivity contribution in [2.45, 2.75) is 18.9 Å². The van der Waals surface area contributed by atoms with Gasteiger partial charge in [-0.1, -0.05) is 0 Å². The zero-order chi connectivity index (χ0) is 12.7. The molecule has 0 aromatic carbocycles. The van der Waals surface area contributed by atoms with Crippen LogP contribution >= 0.6 is 0 Å². The molecule has 0 bridgehead atoms. The zero-order valence-electron chi connectivity index (χ0n) is 10.1. The number of nitrogens with zero attached hydrogens (tertiary/aromatic N) is 2. The van der Waals surface area contributed by atoms with E-state index in [0.717, 1.165) is 19.4 Å². The van der Waals surface area contributed by atoms with Crippen molar-refractivity contribution < 1.29 is 9.90 Å². The van der Waals surface area contributed by atoms with Gasteiger partial charge in [0.1, 0.15) is 5.82 Å². The Morgan fingerprint density at radius 2 is 2.28 bits per heavy atom. The normalized spacial score (nSPS) is 30.5. The van der Waals surface area contributed by atoms with Crippen LogP contribution < -0.4 is 5.73 Å². The van der Waals surface area contributed by atoms with E-state index in [1.165, 1.54) is 0 Å².